The van der Waals surface area contributed by atoms with E-state index in [1.54, 1.807) is 12.1 Å². The largest absolute Gasteiger partial charge is 0.481 e. The lowest BCUT2D eigenvalue weighted by Crippen LogP contribution is -2.21. The summed E-state index contributed by atoms with van der Waals surface area (Å²) >= 11 is 0. The van der Waals surface area contributed by atoms with Gasteiger partial charge in [-0.3, -0.25) is 9.59 Å². The molecule has 1 fully saturated rings. The van der Waals surface area contributed by atoms with Gasteiger partial charge in [0.05, 0.1) is 5.92 Å². The fraction of sp³-hybridized carbons (Fsp3) is 0.500. The number of carboxylic acids is 1. The van der Waals surface area contributed by atoms with Crippen molar-refractivity contribution in [2.24, 2.45) is 5.92 Å². The minimum Gasteiger partial charge on any atom is -0.481 e. The van der Waals surface area contributed by atoms with Gasteiger partial charge in [0.15, 0.2) is 5.69 Å². The lowest BCUT2D eigenvalue weighted by molar-refractivity contribution is -0.141. The standard InChI is InChI=1S/C12H16N4O3/c1-13-11(17)9-4-5-10(16-15-9)14-8-3-2-7(6-8)12(18)19/h4-5,7-8H,2-3,6H2,1H3,(H,13,17)(H,14,16)(H,18,19)/t7-,8+/m1/s1. The molecule has 102 valence electrons. The summed E-state index contributed by atoms with van der Waals surface area (Å²) in [5.41, 5.74) is 0.253. The zero-order valence-electron chi connectivity index (χ0n) is 10.6. The zero-order chi connectivity index (χ0) is 13.8. The van der Waals surface area contributed by atoms with E-state index in [-0.39, 0.29) is 23.6 Å². The number of rotatable bonds is 4. The minimum atomic E-state index is -0.745. The third-order valence-corrected chi connectivity index (χ3v) is 3.26. The summed E-state index contributed by atoms with van der Waals surface area (Å²) in [5, 5.41) is 22.2. The Bertz CT molecular complexity index is 474. The van der Waals surface area contributed by atoms with Gasteiger partial charge in [0.2, 0.25) is 0 Å². The maximum absolute atomic E-state index is 11.3. The smallest absolute Gasteiger partial charge is 0.306 e. The highest BCUT2D eigenvalue weighted by Gasteiger charge is 2.29. The minimum absolute atomic E-state index is 0.0984. The molecule has 19 heavy (non-hydrogen) atoms. The Morgan fingerprint density at radius 2 is 2.11 bits per heavy atom. The lowest BCUT2D eigenvalue weighted by Gasteiger charge is -2.12. The molecule has 1 saturated carbocycles. The van der Waals surface area contributed by atoms with Gasteiger partial charge in [-0.15, -0.1) is 10.2 Å². The summed E-state index contributed by atoms with van der Waals surface area (Å²) in [7, 11) is 1.53. The van der Waals surface area contributed by atoms with Crippen LogP contribution in [0, 0.1) is 5.92 Å². The van der Waals surface area contributed by atoms with Crippen molar-refractivity contribution in [3.8, 4) is 0 Å². The fourth-order valence-corrected chi connectivity index (χ4v) is 2.20. The monoisotopic (exact) mass is 264 g/mol. The van der Waals surface area contributed by atoms with Crippen molar-refractivity contribution in [3.05, 3.63) is 17.8 Å². The summed E-state index contributed by atoms with van der Waals surface area (Å²) < 4.78 is 0. The van der Waals surface area contributed by atoms with Gasteiger partial charge in [0.25, 0.3) is 5.91 Å². The van der Waals surface area contributed by atoms with E-state index in [0.29, 0.717) is 18.7 Å². The van der Waals surface area contributed by atoms with E-state index in [4.69, 9.17) is 5.11 Å². The second-order valence-corrected chi connectivity index (χ2v) is 4.57. The summed E-state index contributed by atoms with van der Waals surface area (Å²) in [4.78, 5) is 22.1. The van der Waals surface area contributed by atoms with Crippen LogP contribution in [0.5, 0.6) is 0 Å². The maximum Gasteiger partial charge on any atom is 0.306 e. The van der Waals surface area contributed by atoms with Crippen LogP contribution in [0.3, 0.4) is 0 Å². The summed E-state index contributed by atoms with van der Waals surface area (Å²) in [5.74, 6) is -0.754. The van der Waals surface area contributed by atoms with E-state index in [0.717, 1.165) is 6.42 Å². The first kappa shape index (κ1) is 13.3. The molecule has 0 aliphatic heterocycles. The van der Waals surface area contributed by atoms with Crippen LogP contribution in [0.25, 0.3) is 0 Å². The molecule has 0 radical (unpaired) electrons. The number of aromatic nitrogens is 2. The molecule has 7 nitrogen and oxygen atoms in total. The molecule has 0 saturated heterocycles. The Hall–Kier alpha value is -2.18. The van der Waals surface area contributed by atoms with E-state index >= 15 is 0 Å². The molecule has 1 amide bonds. The van der Waals surface area contributed by atoms with Crippen LogP contribution in [0.15, 0.2) is 12.1 Å². The van der Waals surface area contributed by atoms with Gasteiger partial charge in [0.1, 0.15) is 5.82 Å². The molecule has 1 aliphatic carbocycles. The molecule has 2 rings (SSSR count). The quantitative estimate of drug-likeness (QED) is 0.731. The van der Waals surface area contributed by atoms with E-state index in [1.807, 2.05) is 0 Å². The fourth-order valence-electron chi connectivity index (χ4n) is 2.20. The molecule has 0 aromatic carbocycles. The average Bonchev–Trinajstić information content (AvgIpc) is 2.87. The number of carbonyl (C=O) groups is 2. The average molecular weight is 264 g/mol. The van der Waals surface area contributed by atoms with Gasteiger partial charge in [-0.1, -0.05) is 0 Å². The number of amides is 1. The Morgan fingerprint density at radius 1 is 1.32 bits per heavy atom. The molecule has 1 aromatic rings. The summed E-state index contributed by atoms with van der Waals surface area (Å²) in [6, 6.07) is 3.35. The van der Waals surface area contributed by atoms with Crippen LogP contribution in [0.2, 0.25) is 0 Å². The van der Waals surface area contributed by atoms with E-state index in [1.165, 1.54) is 7.05 Å². The predicted octanol–water partition coefficient (Wildman–Crippen LogP) is 0.501. The van der Waals surface area contributed by atoms with Gasteiger partial charge in [-0.2, -0.15) is 0 Å². The first-order chi connectivity index (χ1) is 9.10. The van der Waals surface area contributed by atoms with Gasteiger partial charge in [-0.05, 0) is 31.4 Å². The van der Waals surface area contributed by atoms with Gasteiger partial charge in [0, 0.05) is 13.1 Å². The van der Waals surface area contributed by atoms with Crippen LogP contribution in [-0.2, 0) is 4.79 Å². The van der Waals surface area contributed by atoms with Crippen LogP contribution in [-0.4, -0.2) is 40.3 Å². The Morgan fingerprint density at radius 3 is 2.63 bits per heavy atom. The lowest BCUT2D eigenvalue weighted by atomic mass is 10.1. The summed E-state index contributed by atoms with van der Waals surface area (Å²) in [6.07, 6.45) is 2.07. The Kier molecular flexibility index (Phi) is 3.94. The molecule has 3 N–H and O–H groups in total. The van der Waals surface area contributed by atoms with Gasteiger partial charge < -0.3 is 15.7 Å². The molecular formula is C12H16N4O3. The topological polar surface area (TPSA) is 104 Å². The number of nitrogens with one attached hydrogen (secondary N) is 2. The normalized spacial score (nSPS) is 21.9. The zero-order valence-corrected chi connectivity index (χ0v) is 10.6. The molecule has 1 aromatic heterocycles. The van der Waals surface area contributed by atoms with Crippen LogP contribution in [0.4, 0.5) is 5.82 Å². The van der Waals surface area contributed by atoms with Gasteiger partial charge >= 0.3 is 5.97 Å². The first-order valence-corrected chi connectivity index (χ1v) is 6.15. The first-order valence-electron chi connectivity index (χ1n) is 6.15. The molecule has 0 spiro atoms. The van der Waals surface area contributed by atoms with Crippen molar-refractivity contribution < 1.29 is 14.7 Å². The van der Waals surface area contributed by atoms with E-state index < -0.39 is 5.97 Å². The number of carbonyl (C=O) groups excluding carboxylic acids is 1. The second-order valence-electron chi connectivity index (χ2n) is 4.57. The van der Waals surface area contributed by atoms with Crippen LogP contribution >= 0.6 is 0 Å². The van der Waals surface area contributed by atoms with Crippen molar-refractivity contribution in [1.29, 1.82) is 0 Å². The van der Waals surface area contributed by atoms with Crippen LogP contribution in [0.1, 0.15) is 29.8 Å². The maximum atomic E-state index is 11.3. The number of hydrogen-bond donors (Lipinski definition) is 3. The summed E-state index contributed by atoms with van der Waals surface area (Å²) in [6.45, 7) is 0. The third-order valence-electron chi connectivity index (χ3n) is 3.26. The highest BCUT2D eigenvalue weighted by molar-refractivity contribution is 5.91. The van der Waals surface area contributed by atoms with Crippen molar-refractivity contribution in [1.82, 2.24) is 15.5 Å². The SMILES string of the molecule is CNC(=O)c1ccc(N[C@H]2CC[C@@H](C(=O)O)C2)nn1. The molecule has 1 heterocycles. The number of anilines is 1. The second kappa shape index (κ2) is 5.64. The van der Waals surface area contributed by atoms with E-state index in [9.17, 15) is 9.59 Å². The van der Waals surface area contributed by atoms with Crippen LogP contribution < -0.4 is 10.6 Å². The van der Waals surface area contributed by atoms with Crippen molar-refractivity contribution in [2.45, 2.75) is 25.3 Å². The van der Waals surface area contributed by atoms with Crippen molar-refractivity contribution in [3.63, 3.8) is 0 Å². The molecule has 1 aliphatic rings. The number of aliphatic carboxylic acids is 1. The number of nitrogens with zero attached hydrogens (tertiary/aromatic N) is 2. The highest BCUT2D eigenvalue weighted by Crippen LogP contribution is 2.27. The molecule has 0 unspecified atom stereocenters. The Labute approximate surface area is 110 Å². The number of carboxylic acid groups (broad SMARTS) is 1. The highest BCUT2D eigenvalue weighted by atomic mass is 16.4. The predicted molar refractivity (Wildman–Crippen MR) is 67.8 cm³/mol. The molecule has 0 bridgehead atoms. The molecular weight excluding hydrogens is 248 g/mol. The molecule has 7 heteroatoms. The number of hydrogen-bond acceptors (Lipinski definition) is 5. The van der Waals surface area contributed by atoms with E-state index in [2.05, 4.69) is 20.8 Å². The third kappa shape index (κ3) is 3.18. The van der Waals surface area contributed by atoms with Gasteiger partial charge in [-0.25, -0.2) is 0 Å². The van der Waals surface area contributed by atoms with Crippen molar-refractivity contribution >= 4 is 17.7 Å². The Balaban J connectivity index is 1.93. The molecule has 2 atom stereocenters. The van der Waals surface area contributed by atoms with Crippen molar-refractivity contribution in [2.75, 3.05) is 12.4 Å².